The Kier molecular flexibility index (Phi) is 2.38. The fourth-order valence-electron chi connectivity index (χ4n) is 2.30. The number of imide groups is 1. The molecule has 2 aromatic rings. The molecular weight excluding hydrogens is 246 g/mol. The molecule has 6 heteroatoms. The zero-order valence-corrected chi connectivity index (χ0v) is 10.1. The van der Waals surface area contributed by atoms with Gasteiger partial charge in [-0.25, -0.2) is 0 Å². The van der Waals surface area contributed by atoms with E-state index in [1.807, 2.05) is 6.07 Å². The Morgan fingerprint density at radius 2 is 2.11 bits per heavy atom. The minimum Gasteiger partial charge on any atom is -0.497 e. The molecule has 0 aliphatic carbocycles. The number of nitrogens with one attached hydrogen (secondary N) is 3. The SMILES string of the molecule is COc1ccc2[nH]cc(C3C(=N)C(=O)NC3=O)c2c1. The molecule has 0 saturated carbocycles. The Labute approximate surface area is 108 Å². The molecule has 1 unspecified atom stereocenters. The van der Waals surface area contributed by atoms with E-state index >= 15 is 0 Å². The van der Waals surface area contributed by atoms with E-state index in [1.54, 1.807) is 25.4 Å². The summed E-state index contributed by atoms with van der Waals surface area (Å²) in [7, 11) is 1.56. The van der Waals surface area contributed by atoms with Crippen molar-refractivity contribution in [1.29, 1.82) is 5.41 Å². The van der Waals surface area contributed by atoms with Crippen molar-refractivity contribution in [2.75, 3.05) is 7.11 Å². The number of methoxy groups -OCH3 is 1. The van der Waals surface area contributed by atoms with Gasteiger partial charge in [0.05, 0.1) is 7.11 Å². The molecule has 1 atom stereocenters. The van der Waals surface area contributed by atoms with Gasteiger partial charge in [-0.15, -0.1) is 0 Å². The average molecular weight is 257 g/mol. The quantitative estimate of drug-likeness (QED) is 0.698. The van der Waals surface area contributed by atoms with Gasteiger partial charge in [0.15, 0.2) is 0 Å². The van der Waals surface area contributed by atoms with Crippen LogP contribution in [0.15, 0.2) is 24.4 Å². The molecule has 3 N–H and O–H groups in total. The van der Waals surface area contributed by atoms with Gasteiger partial charge < -0.3 is 9.72 Å². The predicted molar refractivity (Wildman–Crippen MR) is 68.5 cm³/mol. The molecule has 1 aromatic heterocycles. The van der Waals surface area contributed by atoms with E-state index in [-0.39, 0.29) is 5.71 Å². The summed E-state index contributed by atoms with van der Waals surface area (Å²) in [4.78, 5) is 26.2. The summed E-state index contributed by atoms with van der Waals surface area (Å²) in [5.41, 5.74) is 1.21. The highest BCUT2D eigenvalue weighted by Crippen LogP contribution is 2.31. The minimum atomic E-state index is -0.853. The van der Waals surface area contributed by atoms with Crippen LogP contribution in [0.25, 0.3) is 10.9 Å². The van der Waals surface area contributed by atoms with Crippen molar-refractivity contribution in [1.82, 2.24) is 10.3 Å². The molecule has 2 amide bonds. The first-order valence-corrected chi connectivity index (χ1v) is 5.70. The second-order valence-corrected chi connectivity index (χ2v) is 4.32. The lowest BCUT2D eigenvalue weighted by molar-refractivity contribution is -0.124. The van der Waals surface area contributed by atoms with E-state index in [0.717, 1.165) is 10.9 Å². The van der Waals surface area contributed by atoms with Crippen molar-refractivity contribution < 1.29 is 14.3 Å². The van der Waals surface area contributed by atoms with Gasteiger partial charge in [-0.2, -0.15) is 0 Å². The number of hydrogen-bond donors (Lipinski definition) is 3. The number of carbonyl (C=O) groups is 2. The molecule has 96 valence electrons. The second kappa shape index (κ2) is 3.94. The van der Waals surface area contributed by atoms with Crippen LogP contribution in [-0.4, -0.2) is 29.6 Å². The van der Waals surface area contributed by atoms with Crippen molar-refractivity contribution >= 4 is 28.4 Å². The van der Waals surface area contributed by atoms with Gasteiger partial charge in [0.1, 0.15) is 17.4 Å². The van der Waals surface area contributed by atoms with Gasteiger partial charge in [0.2, 0.25) is 5.91 Å². The summed E-state index contributed by atoms with van der Waals surface area (Å²) in [6, 6.07) is 5.41. The van der Waals surface area contributed by atoms with Crippen molar-refractivity contribution in [3.8, 4) is 5.75 Å². The standard InChI is InChI=1S/C13H11N3O3/c1-19-6-2-3-9-7(4-6)8(5-15-9)10-11(14)13(18)16-12(10)17/h2-5,10,14-15H,1H3,(H,16,17,18). The van der Waals surface area contributed by atoms with Crippen LogP contribution in [-0.2, 0) is 9.59 Å². The number of ether oxygens (including phenoxy) is 1. The molecule has 1 saturated heterocycles. The van der Waals surface area contributed by atoms with Gasteiger partial charge in [0, 0.05) is 17.1 Å². The van der Waals surface area contributed by atoms with Gasteiger partial charge in [-0.3, -0.25) is 20.3 Å². The summed E-state index contributed by atoms with van der Waals surface area (Å²) < 4.78 is 5.15. The summed E-state index contributed by atoms with van der Waals surface area (Å²) in [5, 5.41) is 10.6. The molecule has 19 heavy (non-hydrogen) atoms. The van der Waals surface area contributed by atoms with Crippen LogP contribution in [0.1, 0.15) is 11.5 Å². The Morgan fingerprint density at radius 1 is 1.32 bits per heavy atom. The lowest BCUT2D eigenvalue weighted by Crippen LogP contribution is -2.21. The van der Waals surface area contributed by atoms with Crippen LogP contribution in [0.5, 0.6) is 5.75 Å². The summed E-state index contributed by atoms with van der Waals surface area (Å²) in [5.74, 6) is -1.29. The van der Waals surface area contributed by atoms with Crippen molar-refractivity contribution in [2.45, 2.75) is 5.92 Å². The maximum absolute atomic E-state index is 11.8. The van der Waals surface area contributed by atoms with Gasteiger partial charge >= 0.3 is 0 Å². The Balaban J connectivity index is 2.17. The Bertz CT molecular complexity index is 717. The molecule has 0 radical (unpaired) electrons. The molecule has 1 aliphatic rings. The van der Waals surface area contributed by atoms with Crippen LogP contribution in [0.4, 0.5) is 0 Å². The highest BCUT2D eigenvalue weighted by Gasteiger charge is 2.39. The monoisotopic (exact) mass is 257 g/mol. The van der Waals surface area contributed by atoms with E-state index in [4.69, 9.17) is 10.1 Å². The smallest absolute Gasteiger partial charge is 0.272 e. The molecule has 1 aliphatic heterocycles. The number of rotatable bonds is 2. The third-order valence-electron chi connectivity index (χ3n) is 3.26. The molecule has 0 spiro atoms. The van der Waals surface area contributed by atoms with E-state index in [9.17, 15) is 9.59 Å². The van der Waals surface area contributed by atoms with Crippen LogP contribution in [0, 0.1) is 5.41 Å². The highest BCUT2D eigenvalue weighted by atomic mass is 16.5. The Hall–Kier alpha value is -2.63. The first-order valence-electron chi connectivity index (χ1n) is 5.70. The fourth-order valence-corrected chi connectivity index (χ4v) is 2.30. The molecule has 3 rings (SSSR count). The topological polar surface area (TPSA) is 95.0 Å². The number of aromatic amines is 1. The normalized spacial score (nSPS) is 19.0. The number of benzene rings is 1. The maximum Gasteiger partial charge on any atom is 0.272 e. The summed E-state index contributed by atoms with van der Waals surface area (Å²) in [6.45, 7) is 0. The lowest BCUT2D eigenvalue weighted by atomic mass is 9.95. The van der Waals surface area contributed by atoms with E-state index in [2.05, 4.69) is 10.3 Å². The number of hydrogen-bond acceptors (Lipinski definition) is 4. The average Bonchev–Trinajstić information content (AvgIpc) is 2.91. The van der Waals surface area contributed by atoms with Crippen LogP contribution in [0.2, 0.25) is 0 Å². The van der Waals surface area contributed by atoms with E-state index < -0.39 is 17.7 Å². The van der Waals surface area contributed by atoms with Gasteiger partial charge in [-0.1, -0.05) is 0 Å². The number of aromatic nitrogens is 1. The first kappa shape index (κ1) is 11.5. The summed E-state index contributed by atoms with van der Waals surface area (Å²) in [6.07, 6.45) is 1.65. The van der Waals surface area contributed by atoms with Crippen LogP contribution < -0.4 is 10.1 Å². The molecule has 2 heterocycles. The number of fused-ring (bicyclic) bond motifs is 1. The third kappa shape index (κ3) is 1.61. The van der Waals surface area contributed by atoms with Crippen molar-refractivity contribution in [3.63, 3.8) is 0 Å². The van der Waals surface area contributed by atoms with Crippen molar-refractivity contribution in [3.05, 3.63) is 30.0 Å². The molecule has 1 aromatic carbocycles. The van der Waals surface area contributed by atoms with E-state index in [1.165, 1.54) is 0 Å². The number of amides is 2. The van der Waals surface area contributed by atoms with Gasteiger partial charge in [-0.05, 0) is 23.8 Å². The predicted octanol–water partition coefficient (Wildman–Crippen LogP) is 0.936. The number of H-pyrrole nitrogens is 1. The van der Waals surface area contributed by atoms with E-state index in [0.29, 0.717) is 11.3 Å². The van der Waals surface area contributed by atoms with Crippen LogP contribution >= 0.6 is 0 Å². The van der Waals surface area contributed by atoms with Crippen LogP contribution in [0.3, 0.4) is 0 Å². The molecule has 6 nitrogen and oxygen atoms in total. The molecular formula is C13H11N3O3. The third-order valence-corrected chi connectivity index (χ3v) is 3.26. The minimum absolute atomic E-state index is 0.228. The number of carbonyl (C=O) groups excluding carboxylic acids is 2. The summed E-state index contributed by atoms with van der Waals surface area (Å²) >= 11 is 0. The molecule has 1 fully saturated rings. The largest absolute Gasteiger partial charge is 0.497 e. The zero-order chi connectivity index (χ0) is 13.6. The van der Waals surface area contributed by atoms with Gasteiger partial charge in [0.25, 0.3) is 5.91 Å². The van der Waals surface area contributed by atoms with Crippen molar-refractivity contribution in [2.24, 2.45) is 0 Å². The maximum atomic E-state index is 11.8. The Morgan fingerprint density at radius 3 is 2.74 bits per heavy atom. The first-order chi connectivity index (χ1) is 9.11. The fraction of sp³-hybridized carbons (Fsp3) is 0.154. The lowest BCUT2D eigenvalue weighted by Gasteiger charge is -2.05. The zero-order valence-electron chi connectivity index (χ0n) is 10.1. The highest BCUT2D eigenvalue weighted by molar-refractivity contribution is 6.51. The second-order valence-electron chi connectivity index (χ2n) is 4.32. The molecule has 0 bridgehead atoms.